The molecule has 0 amide bonds. The van der Waals surface area contributed by atoms with E-state index >= 15 is 0 Å². The van der Waals surface area contributed by atoms with Gasteiger partial charge in [-0.3, -0.25) is 0 Å². The van der Waals surface area contributed by atoms with Crippen LogP contribution in [0.15, 0.2) is 0 Å². The molecule has 0 aliphatic rings. The van der Waals surface area contributed by atoms with Crippen LogP contribution in [0.5, 0.6) is 0 Å². The fraction of sp³-hybridized carbons (Fsp3) is 0.667. The average molecular weight is 499 g/mol. The summed E-state index contributed by atoms with van der Waals surface area (Å²) >= 11 is 0. The van der Waals surface area contributed by atoms with Crippen LogP contribution in [0.1, 0.15) is 53.4 Å². The van der Waals surface area contributed by atoms with Gasteiger partial charge in [0.1, 0.15) is 0 Å². The maximum Gasteiger partial charge on any atom is 0.0411 e. The topological polar surface area (TPSA) is 161 Å². The van der Waals surface area contributed by atoms with Gasteiger partial charge >= 0.3 is 0 Å². The fourth-order valence-electron chi connectivity index (χ4n) is 0. The maximum absolute atomic E-state index is 9.26. The Hall–Kier alpha value is -1.20. The second-order valence-corrected chi connectivity index (χ2v) is 2.90. The van der Waals surface area contributed by atoms with Crippen molar-refractivity contribution in [1.82, 2.24) is 0 Å². The molecule has 0 aromatic rings. The molecule has 9 heteroatoms. The number of carbonyl (C=O) groups excluding carboxylic acids is 4. The SMILES string of the molecule is CCC(=O)[O-].CCC(=O)[O-].CCC(=O)[O-].CCC(=O)[O-].[Pb]. The molecule has 0 heterocycles. The minimum absolute atomic E-state index is 0. The quantitative estimate of drug-likeness (QED) is 0.356. The first-order valence-corrected chi connectivity index (χ1v) is 5.88. The molecule has 0 aromatic heterocycles. The Morgan fingerprint density at radius 1 is 0.524 bits per heavy atom. The van der Waals surface area contributed by atoms with Gasteiger partial charge in [-0.2, -0.15) is 0 Å². The zero-order valence-electron chi connectivity index (χ0n) is 12.6. The van der Waals surface area contributed by atoms with Gasteiger partial charge in [0.2, 0.25) is 0 Å². The molecule has 0 saturated heterocycles. The van der Waals surface area contributed by atoms with Gasteiger partial charge in [-0.05, 0) is 25.7 Å². The van der Waals surface area contributed by atoms with Crippen LogP contribution in [0.25, 0.3) is 0 Å². The molecule has 0 spiro atoms. The van der Waals surface area contributed by atoms with Crippen molar-refractivity contribution in [3.8, 4) is 0 Å². The molecule has 0 rings (SSSR count). The summed E-state index contributed by atoms with van der Waals surface area (Å²) in [5.41, 5.74) is 0. The van der Waals surface area contributed by atoms with E-state index in [1.807, 2.05) is 0 Å². The molecule has 124 valence electrons. The van der Waals surface area contributed by atoms with Crippen molar-refractivity contribution in [2.24, 2.45) is 0 Å². The van der Waals surface area contributed by atoms with Crippen molar-refractivity contribution < 1.29 is 39.6 Å². The molecular weight excluding hydrogens is 479 g/mol. The molecule has 0 aliphatic heterocycles. The minimum atomic E-state index is -0.995. The van der Waals surface area contributed by atoms with Crippen molar-refractivity contribution in [2.45, 2.75) is 53.4 Å². The molecule has 0 bridgehead atoms. The first kappa shape index (κ1) is 32.0. The monoisotopic (exact) mass is 500 g/mol. The second kappa shape index (κ2) is 27.2. The average Bonchev–Trinajstić information content (AvgIpc) is 2.40. The summed E-state index contributed by atoms with van der Waals surface area (Å²) in [6.07, 6.45) is 0.444. The number of carbonyl (C=O) groups is 4. The molecule has 0 atom stereocenters. The Morgan fingerprint density at radius 3 is 0.571 bits per heavy atom. The van der Waals surface area contributed by atoms with Gasteiger partial charge < -0.3 is 39.6 Å². The molecule has 0 aliphatic carbocycles. The van der Waals surface area contributed by atoms with E-state index in [2.05, 4.69) is 0 Å². The van der Waals surface area contributed by atoms with Crippen LogP contribution in [0.2, 0.25) is 0 Å². The van der Waals surface area contributed by atoms with Crippen molar-refractivity contribution >= 4 is 51.2 Å². The first-order chi connectivity index (χ1) is 9.08. The summed E-state index contributed by atoms with van der Waals surface area (Å²) in [6, 6.07) is 0. The van der Waals surface area contributed by atoms with E-state index in [0.29, 0.717) is 0 Å². The van der Waals surface area contributed by atoms with Crippen molar-refractivity contribution in [3.63, 3.8) is 0 Å². The third kappa shape index (κ3) is 115. The third-order valence-corrected chi connectivity index (χ3v) is 1.15. The van der Waals surface area contributed by atoms with Crippen LogP contribution in [0.3, 0.4) is 0 Å². The van der Waals surface area contributed by atoms with Gasteiger partial charge in [0.25, 0.3) is 0 Å². The van der Waals surface area contributed by atoms with Crippen molar-refractivity contribution in [1.29, 1.82) is 0 Å². The number of carboxylic acid groups (broad SMARTS) is 4. The molecule has 0 saturated carbocycles. The van der Waals surface area contributed by atoms with Crippen LogP contribution in [0, 0.1) is 0 Å². The number of carboxylic acids is 4. The zero-order valence-corrected chi connectivity index (χ0v) is 16.5. The van der Waals surface area contributed by atoms with Gasteiger partial charge in [0, 0.05) is 51.2 Å². The Balaban J connectivity index is -0.0000000533. The number of rotatable bonds is 4. The van der Waals surface area contributed by atoms with Gasteiger partial charge in [-0.25, -0.2) is 0 Å². The molecule has 0 N–H and O–H groups in total. The third-order valence-electron chi connectivity index (χ3n) is 1.15. The van der Waals surface area contributed by atoms with Crippen LogP contribution in [-0.2, 0) is 19.2 Å². The summed E-state index contributed by atoms with van der Waals surface area (Å²) in [6.45, 7) is 6.15. The van der Waals surface area contributed by atoms with Crippen LogP contribution >= 0.6 is 0 Å². The summed E-state index contributed by atoms with van der Waals surface area (Å²) in [5, 5.41) is 37.0. The smallest absolute Gasteiger partial charge is 0.0411 e. The Bertz CT molecular complexity index is 222. The maximum atomic E-state index is 9.26. The van der Waals surface area contributed by atoms with E-state index < -0.39 is 23.9 Å². The Morgan fingerprint density at radius 2 is 0.571 bits per heavy atom. The molecule has 0 aromatic carbocycles. The van der Waals surface area contributed by atoms with E-state index in [4.69, 9.17) is 0 Å². The van der Waals surface area contributed by atoms with E-state index in [1.54, 1.807) is 0 Å². The second-order valence-electron chi connectivity index (χ2n) is 2.90. The zero-order chi connectivity index (χ0) is 17.1. The summed E-state index contributed by atoms with van der Waals surface area (Å²) in [7, 11) is 0. The summed E-state index contributed by atoms with van der Waals surface area (Å²) in [4.78, 5) is 37.0. The van der Waals surface area contributed by atoms with Gasteiger partial charge in [-0.1, -0.05) is 27.7 Å². The van der Waals surface area contributed by atoms with Gasteiger partial charge in [0.05, 0.1) is 0 Å². The molecule has 0 fully saturated rings. The molecule has 8 nitrogen and oxygen atoms in total. The summed E-state index contributed by atoms with van der Waals surface area (Å²) < 4.78 is 0. The first-order valence-electron chi connectivity index (χ1n) is 5.88. The van der Waals surface area contributed by atoms with E-state index in [9.17, 15) is 39.6 Å². The summed E-state index contributed by atoms with van der Waals surface area (Å²) in [5.74, 6) is -3.98. The number of hydrogen-bond acceptors (Lipinski definition) is 8. The Labute approximate surface area is 144 Å². The van der Waals surface area contributed by atoms with Crippen LogP contribution in [0.4, 0.5) is 0 Å². The van der Waals surface area contributed by atoms with Crippen molar-refractivity contribution in [2.75, 3.05) is 0 Å². The molecule has 21 heavy (non-hydrogen) atoms. The predicted octanol–water partition coefficient (Wildman–Crippen LogP) is -3.80. The number of aliphatic carboxylic acids is 4. The number of hydrogen-bond donors (Lipinski definition) is 0. The van der Waals surface area contributed by atoms with Crippen LogP contribution < -0.4 is 20.4 Å². The molecular formula is C12H20O8Pb-4. The standard InChI is InChI=1S/4C3H6O2.Pb/c4*1-2-3(4)5;/h4*2H2,1H3,(H,4,5);/p-4. The minimum Gasteiger partial charge on any atom is -0.550 e. The predicted molar refractivity (Wildman–Crippen MR) is 66.9 cm³/mol. The molecule has 0 unspecified atom stereocenters. The van der Waals surface area contributed by atoms with E-state index in [0.717, 1.165) is 0 Å². The van der Waals surface area contributed by atoms with E-state index in [1.165, 1.54) is 27.7 Å². The van der Waals surface area contributed by atoms with Gasteiger partial charge in [-0.15, -0.1) is 0 Å². The Kier molecular flexibility index (Phi) is 41.4. The molecule has 4 radical (unpaired) electrons. The largest absolute Gasteiger partial charge is 0.550 e. The normalized spacial score (nSPS) is 7.05. The van der Waals surface area contributed by atoms with Gasteiger partial charge in [0.15, 0.2) is 0 Å². The van der Waals surface area contributed by atoms with Crippen LogP contribution in [-0.4, -0.2) is 51.2 Å². The van der Waals surface area contributed by atoms with Crippen molar-refractivity contribution in [3.05, 3.63) is 0 Å². The van der Waals surface area contributed by atoms with E-state index in [-0.39, 0.29) is 53.0 Å². The fourth-order valence-corrected chi connectivity index (χ4v) is 0.